The highest BCUT2D eigenvalue weighted by atomic mass is 19.1. The minimum Gasteiger partial charge on any atom is -0.398 e. The lowest BCUT2D eigenvalue weighted by molar-refractivity contribution is 0.628. The second-order valence-corrected chi connectivity index (χ2v) is 3.36. The number of hydrogen-bond acceptors (Lipinski definition) is 3. The molecule has 1 aromatic carbocycles. The Hall–Kier alpha value is -1.91. The zero-order valence-corrected chi connectivity index (χ0v) is 8.53. The van der Waals surface area contributed by atoms with Gasteiger partial charge in [0.2, 0.25) is 0 Å². The van der Waals surface area contributed by atoms with Crippen LogP contribution in [0.4, 0.5) is 10.1 Å². The highest BCUT2D eigenvalue weighted by molar-refractivity contribution is 5.71. The molecule has 2 N–H and O–H groups in total. The van der Waals surface area contributed by atoms with E-state index >= 15 is 0 Å². The molecule has 0 aliphatic rings. The molecule has 0 bridgehead atoms. The second kappa shape index (κ2) is 3.34. The van der Waals surface area contributed by atoms with Crippen molar-refractivity contribution in [2.24, 2.45) is 7.05 Å². The van der Waals surface area contributed by atoms with Gasteiger partial charge in [-0.3, -0.25) is 0 Å². The molecule has 5 heteroatoms. The molecule has 78 valence electrons. The number of nitrogens with two attached hydrogens (primary N) is 1. The van der Waals surface area contributed by atoms with Crippen molar-refractivity contribution in [2.75, 3.05) is 5.73 Å². The number of nitrogens with zero attached hydrogens (tertiary/aromatic N) is 3. The molecule has 0 amide bonds. The van der Waals surface area contributed by atoms with Gasteiger partial charge in [0.25, 0.3) is 0 Å². The van der Waals surface area contributed by atoms with E-state index in [1.807, 2.05) is 14.0 Å². The van der Waals surface area contributed by atoms with E-state index in [9.17, 15) is 4.39 Å². The molecule has 2 aromatic rings. The molecule has 0 saturated heterocycles. The van der Waals surface area contributed by atoms with E-state index in [-0.39, 0.29) is 5.82 Å². The van der Waals surface area contributed by atoms with Gasteiger partial charge in [-0.25, -0.2) is 4.39 Å². The Labute approximate surface area is 86.6 Å². The van der Waals surface area contributed by atoms with Crippen molar-refractivity contribution in [1.29, 1.82) is 0 Å². The summed E-state index contributed by atoms with van der Waals surface area (Å²) in [4.78, 5) is 0. The van der Waals surface area contributed by atoms with Crippen LogP contribution in [0.3, 0.4) is 0 Å². The van der Waals surface area contributed by atoms with Gasteiger partial charge in [0, 0.05) is 18.3 Å². The molecule has 15 heavy (non-hydrogen) atoms. The Morgan fingerprint density at radius 3 is 2.67 bits per heavy atom. The van der Waals surface area contributed by atoms with Crippen LogP contribution in [0.1, 0.15) is 5.82 Å². The van der Waals surface area contributed by atoms with E-state index in [4.69, 9.17) is 5.73 Å². The second-order valence-electron chi connectivity index (χ2n) is 3.36. The summed E-state index contributed by atoms with van der Waals surface area (Å²) in [6, 6.07) is 4.20. The van der Waals surface area contributed by atoms with Crippen LogP contribution in [0.2, 0.25) is 0 Å². The van der Waals surface area contributed by atoms with Crippen LogP contribution in [0.25, 0.3) is 11.4 Å². The predicted molar refractivity (Wildman–Crippen MR) is 55.5 cm³/mol. The third kappa shape index (κ3) is 1.56. The molecule has 4 nitrogen and oxygen atoms in total. The molecule has 2 rings (SSSR count). The third-order valence-electron chi connectivity index (χ3n) is 2.35. The largest absolute Gasteiger partial charge is 0.398 e. The molecule has 0 fully saturated rings. The fourth-order valence-electron chi connectivity index (χ4n) is 1.36. The number of aryl methyl sites for hydroxylation is 1. The molecule has 0 saturated carbocycles. The first-order chi connectivity index (χ1) is 7.09. The number of nitrogen functional groups attached to an aromatic ring is 1. The Bertz CT molecular complexity index is 504. The molecular weight excluding hydrogens is 195 g/mol. The lowest BCUT2D eigenvalue weighted by Gasteiger charge is -2.05. The maximum Gasteiger partial charge on any atom is 0.165 e. The van der Waals surface area contributed by atoms with Gasteiger partial charge in [-0.1, -0.05) is 0 Å². The monoisotopic (exact) mass is 206 g/mol. The normalized spacial score (nSPS) is 10.6. The zero-order chi connectivity index (χ0) is 11.0. The Morgan fingerprint density at radius 2 is 2.07 bits per heavy atom. The van der Waals surface area contributed by atoms with Crippen LogP contribution < -0.4 is 5.73 Å². The number of aromatic nitrogens is 3. The summed E-state index contributed by atoms with van der Waals surface area (Å²) in [5.74, 6) is 0.998. The van der Waals surface area contributed by atoms with Gasteiger partial charge < -0.3 is 10.3 Å². The summed E-state index contributed by atoms with van der Waals surface area (Å²) in [6.45, 7) is 1.83. The minimum atomic E-state index is -0.333. The van der Waals surface area contributed by atoms with Gasteiger partial charge in [-0.05, 0) is 25.1 Å². The van der Waals surface area contributed by atoms with Gasteiger partial charge in [0.15, 0.2) is 5.82 Å². The molecule has 1 heterocycles. The highest BCUT2D eigenvalue weighted by Crippen LogP contribution is 2.24. The Kier molecular flexibility index (Phi) is 2.15. The smallest absolute Gasteiger partial charge is 0.165 e. The molecule has 0 spiro atoms. The van der Waals surface area contributed by atoms with E-state index in [2.05, 4.69) is 10.2 Å². The first-order valence-electron chi connectivity index (χ1n) is 4.51. The van der Waals surface area contributed by atoms with E-state index in [0.29, 0.717) is 17.1 Å². The van der Waals surface area contributed by atoms with Crippen molar-refractivity contribution in [2.45, 2.75) is 6.92 Å². The molecule has 0 aliphatic heterocycles. The average molecular weight is 206 g/mol. The summed E-state index contributed by atoms with van der Waals surface area (Å²) in [6.07, 6.45) is 0. The van der Waals surface area contributed by atoms with Crippen molar-refractivity contribution in [3.8, 4) is 11.4 Å². The fraction of sp³-hybridized carbons (Fsp3) is 0.200. The first-order valence-corrected chi connectivity index (χ1v) is 4.51. The third-order valence-corrected chi connectivity index (χ3v) is 2.35. The van der Waals surface area contributed by atoms with Crippen LogP contribution in [0, 0.1) is 12.7 Å². The predicted octanol–water partition coefficient (Wildman–Crippen LogP) is 1.51. The Morgan fingerprint density at radius 1 is 1.33 bits per heavy atom. The molecule has 1 aromatic heterocycles. The summed E-state index contributed by atoms with van der Waals surface area (Å²) in [7, 11) is 1.81. The minimum absolute atomic E-state index is 0.333. The molecule has 0 aliphatic carbocycles. The van der Waals surface area contributed by atoms with Crippen LogP contribution in [-0.2, 0) is 7.05 Å². The molecular formula is C10H11FN4. The van der Waals surface area contributed by atoms with Gasteiger partial charge in [-0.15, -0.1) is 10.2 Å². The van der Waals surface area contributed by atoms with Gasteiger partial charge in [-0.2, -0.15) is 0 Å². The maximum atomic E-state index is 13.1. The topological polar surface area (TPSA) is 56.7 Å². The van der Waals surface area contributed by atoms with Gasteiger partial charge in [0.05, 0.1) is 0 Å². The van der Waals surface area contributed by atoms with Crippen LogP contribution >= 0.6 is 0 Å². The van der Waals surface area contributed by atoms with Gasteiger partial charge in [0.1, 0.15) is 11.6 Å². The lowest BCUT2D eigenvalue weighted by atomic mass is 10.1. The lowest BCUT2D eigenvalue weighted by Crippen LogP contribution is -1.98. The fourth-order valence-corrected chi connectivity index (χ4v) is 1.36. The first kappa shape index (κ1) is 9.64. The quantitative estimate of drug-likeness (QED) is 0.719. The standard InChI is InChI=1S/C10H11FN4/c1-6-13-14-10(15(6)2)8-5-7(11)3-4-9(8)12/h3-5H,12H2,1-2H3. The van der Waals surface area contributed by atoms with Crippen LogP contribution in [0.15, 0.2) is 18.2 Å². The summed E-state index contributed by atoms with van der Waals surface area (Å²) in [5, 5.41) is 7.85. The highest BCUT2D eigenvalue weighted by Gasteiger charge is 2.11. The van der Waals surface area contributed by atoms with Crippen molar-refractivity contribution in [1.82, 2.24) is 14.8 Å². The van der Waals surface area contributed by atoms with E-state index in [1.165, 1.54) is 18.2 Å². The van der Waals surface area contributed by atoms with E-state index in [0.717, 1.165) is 5.82 Å². The van der Waals surface area contributed by atoms with Crippen molar-refractivity contribution in [3.05, 3.63) is 29.8 Å². The summed E-state index contributed by atoms with van der Waals surface area (Å²) < 4.78 is 14.8. The number of anilines is 1. The van der Waals surface area contributed by atoms with Crippen molar-refractivity contribution in [3.63, 3.8) is 0 Å². The van der Waals surface area contributed by atoms with E-state index < -0.39 is 0 Å². The molecule has 0 atom stereocenters. The van der Waals surface area contributed by atoms with Crippen LogP contribution in [-0.4, -0.2) is 14.8 Å². The number of rotatable bonds is 1. The number of halogens is 1. The zero-order valence-electron chi connectivity index (χ0n) is 8.53. The Balaban J connectivity index is 2.63. The summed E-state index contributed by atoms with van der Waals surface area (Å²) in [5.41, 5.74) is 6.81. The summed E-state index contributed by atoms with van der Waals surface area (Å²) >= 11 is 0. The maximum absolute atomic E-state index is 13.1. The number of benzene rings is 1. The van der Waals surface area contributed by atoms with Crippen LogP contribution in [0.5, 0.6) is 0 Å². The SMILES string of the molecule is Cc1nnc(-c2cc(F)ccc2N)n1C. The van der Waals surface area contributed by atoms with E-state index in [1.54, 1.807) is 4.57 Å². The van der Waals surface area contributed by atoms with Gasteiger partial charge >= 0.3 is 0 Å². The molecule has 0 unspecified atom stereocenters. The number of hydrogen-bond donors (Lipinski definition) is 1. The molecule has 0 radical (unpaired) electrons. The van der Waals surface area contributed by atoms with Crippen molar-refractivity contribution < 1.29 is 4.39 Å². The van der Waals surface area contributed by atoms with Crippen molar-refractivity contribution >= 4 is 5.69 Å². The average Bonchev–Trinajstić information content (AvgIpc) is 2.52.